The summed E-state index contributed by atoms with van der Waals surface area (Å²) >= 11 is 0. The maximum Gasteiger partial charge on any atom is 0.234 e. The van der Waals surface area contributed by atoms with Gasteiger partial charge in [0.05, 0.1) is 16.7 Å². The molecule has 254 valence electrons. The summed E-state index contributed by atoms with van der Waals surface area (Å²) in [7, 11) is 0. The van der Waals surface area contributed by atoms with E-state index in [1.807, 2.05) is 10.6 Å². The lowest BCUT2D eigenvalue weighted by Gasteiger charge is -2.24. The lowest BCUT2D eigenvalue weighted by Crippen LogP contribution is -2.17. The van der Waals surface area contributed by atoms with Gasteiger partial charge >= 0.3 is 0 Å². The van der Waals surface area contributed by atoms with Crippen molar-refractivity contribution in [2.24, 2.45) is 0 Å². The van der Waals surface area contributed by atoms with Crippen molar-refractivity contribution in [1.82, 2.24) is 18.9 Å². The number of nitrogens with zero attached hydrogens (tertiary/aromatic N) is 4. The predicted octanol–water partition coefficient (Wildman–Crippen LogP) is 12.1. The van der Waals surface area contributed by atoms with Crippen molar-refractivity contribution in [3.05, 3.63) is 168 Å². The van der Waals surface area contributed by atoms with Crippen LogP contribution in [0.15, 0.2) is 140 Å². The molecule has 0 amide bonds. The molecule has 0 unspecified atom stereocenters. The number of hydrogen-bond donors (Lipinski definition) is 0. The third-order valence-corrected chi connectivity index (χ3v) is 12.3. The van der Waals surface area contributed by atoms with Gasteiger partial charge in [-0.25, -0.2) is 9.97 Å². The monoisotopic (exact) mass is 682 g/mol. The fourth-order valence-electron chi connectivity index (χ4n) is 9.37. The molecule has 2 aliphatic rings. The summed E-state index contributed by atoms with van der Waals surface area (Å²) in [5.41, 5.74) is 19.8. The predicted molar refractivity (Wildman–Crippen MR) is 218 cm³/mol. The van der Waals surface area contributed by atoms with Gasteiger partial charge in [0.25, 0.3) is 0 Å². The molecule has 11 rings (SSSR count). The summed E-state index contributed by atoms with van der Waals surface area (Å²) < 4.78 is 4.48. The Kier molecular flexibility index (Phi) is 5.97. The van der Waals surface area contributed by atoms with Gasteiger partial charge in [0, 0.05) is 57.0 Å². The zero-order valence-electron chi connectivity index (χ0n) is 30.6. The molecule has 4 nitrogen and oxygen atoms in total. The number of benzene rings is 6. The van der Waals surface area contributed by atoms with E-state index in [1.54, 1.807) is 0 Å². The molecule has 0 fully saturated rings. The molecule has 3 heterocycles. The highest BCUT2D eigenvalue weighted by atomic mass is 15.1. The van der Waals surface area contributed by atoms with E-state index in [-0.39, 0.29) is 10.8 Å². The van der Waals surface area contributed by atoms with Gasteiger partial charge < -0.3 is 4.57 Å². The minimum atomic E-state index is -0.156. The van der Waals surface area contributed by atoms with E-state index in [0.717, 1.165) is 16.8 Å². The molecule has 0 saturated carbocycles. The summed E-state index contributed by atoms with van der Waals surface area (Å²) in [5, 5.41) is 2.58. The van der Waals surface area contributed by atoms with Gasteiger partial charge in [0.2, 0.25) is 5.78 Å². The Balaban J connectivity index is 0.988. The Morgan fingerprint density at radius 2 is 1.08 bits per heavy atom. The first-order valence-electron chi connectivity index (χ1n) is 18.6. The summed E-state index contributed by atoms with van der Waals surface area (Å²) in [4.78, 5) is 9.58. The Bertz CT molecular complexity index is 2950. The van der Waals surface area contributed by atoms with Crippen LogP contribution in [0.3, 0.4) is 0 Å². The number of hydrogen-bond acceptors (Lipinski definition) is 2. The summed E-state index contributed by atoms with van der Waals surface area (Å²) in [6, 6.07) is 45.1. The Morgan fingerprint density at radius 1 is 0.509 bits per heavy atom. The van der Waals surface area contributed by atoms with Crippen molar-refractivity contribution in [3.8, 4) is 50.3 Å². The first-order valence-corrected chi connectivity index (χ1v) is 18.6. The Hall–Kier alpha value is -6.26. The molecular weight excluding hydrogens is 645 g/mol. The third kappa shape index (κ3) is 4.18. The highest BCUT2D eigenvalue weighted by Crippen LogP contribution is 2.56. The van der Waals surface area contributed by atoms with Gasteiger partial charge in [-0.1, -0.05) is 112 Å². The third-order valence-electron chi connectivity index (χ3n) is 12.3. The van der Waals surface area contributed by atoms with E-state index < -0.39 is 0 Å². The maximum atomic E-state index is 4.81. The lowest BCUT2D eigenvalue weighted by molar-refractivity contribution is 0.652. The van der Waals surface area contributed by atoms with Gasteiger partial charge in [0.1, 0.15) is 0 Å². The number of rotatable bonds is 3. The first-order chi connectivity index (χ1) is 25.7. The van der Waals surface area contributed by atoms with Gasteiger partial charge in [-0.2, -0.15) is 0 Å². The minimum absolute atomic E-state index is 0.148. The fraction of sp³-hybridized carbons (Fsp3) is 0.143. The molecular formula is C49H38N4. The van der Waals surface area contributed by atoms with Crippen LogP contribution in [0, 0.1) is 6.92 Å². The van der Waals surface area contributed by atoms with Crippen LogP contribution in [0.2, 0.25) is 0 Å². The molecule has 3 aromatic heterocycles. The fourth-order valence-corrected chi connectivity index (χ4v) is 9.37. The molecule has 0 spiro atoms. The van der Waals surface area contributed by atoms with Crippen LogP contribution < -0.4 is 0 Å². The maximum absolute atomic E-state index is 4.81. The molecule has 53 heavy (non-hydrogen) atoms. The van der Waals surface area contributed by atoms with Gasteiger partial charge in [-0.3, -0.25) is 4.40 Å². The van der Waals surface area contributed by atoms with Crippen LogP contribution in [-0.4, -0.2) is 18.9 Å². The average molecular weight is 683 g/mol. The van der Waals surface area contributed by atoms with Crippen LogP contribution in [-0.2, 0) is 10.8 Å². The standard InChI is InChI=1S/C49H38N4/c1-29-14-16-30(17-15-29)44-28-52-27-32(26-50-47(52)51-44)31-18-20-34-38-24-43-39(25-42(38)48(2,3)40(34)22-31)35-21-19-33(23-41(35)49(43,4)5)53-45-12-8-6-10-36(45)37-11-7-9-13-46(37)53/h6-28H,1-5H3. The zero-order valence-corrected chi connectivity index (χ0v) is 30.6. The number of fused-ring (bicyclic) bond motifs is 10. The van der Waals surface area contributed by atoms with E-state index >= 15 is 0 Å². The largest absolute Gasteiger partial charge is 0.309 e. The molecule has 0 saturated heterocycles. The first kappa shape index (κ1) is 30.4. The zero-order chi connectivity index (χ0) is 35.8. The van der Waals surface area contributed by atoms with Crippen LogP contribution in [0.5, 0.6) is 0 Å². The Labute approximate surface area is 309 Å². The molecule has 0 atom stereocenters. The van der Waals surface area contributed by atoms with Gasteiger partial charge in [-0.15, -0.1) is 0 Å². The van der Waals surface area contributed by atoms with E-state index in [0.29, 0.717) is 5.78 Å². The van der Waals surface area contributed by atoms with E-state index in [9.17, 15) is 0 Å². The van der Waals surface area contributed by atoms with Crippen molar-refractivity contribution < 1.29 is 0 Å². The average Bonchev–Trinajstić information content (AvgIpc) is 3.87. The summed E-state index contributed by atoms with van der Waals surface area (Å²) in [5.74, 6) is 0.706. The highest BCUT2D eigenvalue weighted by Gasteiger charge is 2.42. The second-order valence-electron chi connectivity index (χ2n) is 16.1. The van der Waals surface area contributed by atoms with Crippen LogP contribution in [0.4, 0.5) is 0 Å². The van der Waals surface area contributed by atoms with Crippen molar-refractivity contribution in [1.29, 1.82) is 0 Å². The molecule has 0 radical (unpaired) electrons. The van der Waals surface area contributed by atoms with Crippen molar-refractivity contribution >= 4 is 27.6 Å². The molecule has 6 aromatic carbocycles. The second kappa shape index (κ2) is 10.4. The number of imidazole rings is 1. The molecule has 0 N–H and O–H groups in total. The SMILES string of the molecule is Cc1ccc(-c2cn3cc(-c4ccc5c(c4)C(C)(C)c4cc6c(cc4-5)C(C)(C)c4cc(-n5c7ccccc7c7ccccc75)ccc4-6)cnc3n2)cc1. The smallest absolute Gasteiger partial charge is 0.234 e. The van der Waals surface area contributed by atoms with E-state index in [4.69, 9.17) is 9.97 Å². The molecule has 0 aliphatic heterocycles. The van der Waals surface area contributed by atoms with Crippen LogP contribution in [0.25, 0.3) is 77.9 Å². The number of aryl methyl sites for hydroxylation is 1. The molecule has 2 aliphatic carbocycles. The number of aromatic nitrogens is 4. The molecule has 0 bridgehead atoms. The van der Waals surface area contributed by atoms with E-state index in [2.05, 4.69) is 173 Å². The van der Waals surface area contributed by atoms with Crippen molar-refractivity contribution in [3.63, 3.8) is 0 Å². The normalized spacial score (nSPS) is 14.8. The summed E-state index contributed by atoms with van der Waals surface area (Å²) in [6.07, 6.45) is 6.20. The van der Waals surface area contributed by atoms with Gasteiger partial charge in [0.15, 0.2) is 0 Å². The molecule has 9 aromatic rings. The second-order valence-corrected chi connectivity index (χ2v) is 16.1. The van der Waals surface area contributed by atoms with Gasteiger partial charge in [-0.05, 0) is 99.5 Å². The Morgan fingerprint density at radius 3 is 1.74 bits per heavy atom. The van der Waals surface area contributed by atoms with Crippen LogP contribution >= 0.6 is 0 Å². The topological polar surface area (TPSA) is 35.1 Å². The molecule has 4 heteroatoms. The summed E-state index contributed by atoms with van der Waals surface area (Å²) in [6.45, 7) is 11.7. The quantitative estimate of drug-likeness (QED) is 0.186. The lowest BCUT2D eigenvalue weighted by atomic mass is 9.79. The highest BCUT2D eigenvalue weighted by molar-refractivity contribution is 6.09. The van der Waals surface area contributed by atoms with Crippen molar-refractivity contribution in [2.75, 3.05) is 0 Å². The number of para-hydroxylation sites is 2. The van der Waals surface area contributed by atoms with Crippen molar-refractivity contribution in [2.45, 2.75) is 45.4 Å². The van der Waals surface area contributed by atoms with Crippen LogP contribution in [0.1, 0.15) is 55.5 Å². The minimum Gasteiger partial charge on any atom is -0.309 e. The van der Waals surface area contributed by atoms with E-state index in [1.165, 1.54) is 83.1 Å².